The third-order valence-corrected chi connectivity index (χ3v) is 5.47. The Labute approximate surface area is 206 Å². The molecule has 0 aliphatic heterocycles. The van der Waals surface area contributed by atoms with Crippen molar-refractivity contribution in [2.24, 2.45) is 5.14 Å². The van der Waals surface area contributed by atoms with E-state index in [2.05, 4.69) is 20.3 Å². The molecule has 1 amide bonds. The van der Waals surface area contributed by atoms with Crippen LogP contribution in [-0.4, -0.2) is 56.3 Å². The van der Waals surface area contributed by atoms with Crippen molar-refractivity contribution in [2.75, 3.05) is 25.1 Å². The summed E-state index contributed by atoms with van der Waals surface area (Å²) in [7, 11) is -4.33. The van der Waals surface area contributed by atoms with Crippen molar-refractivity contribution in [2.45, 2.75) is 17.5 Å². The van der Waals surface area contributed by atoms with E-state index in [-0.39, 0.29) is 22.8 Å². The molecule has 0 unspecified atom stereocenters. The van der Waals surface area contributed by atoms with Crippen LogP contribution in [0.1, 0.15) is 16.1 Å². The van der Waals surface area contributed by atoms with Gasteiger partial charge in [0, 0.05) is 6.54 Å². The molecule has 196 valence electrons. The average Bonchev–Trinajstić information content (AvgIpc) is 3.30. The number of hydrogen-bond acceptors (Lipinski definition) is 13. The van der Waals surface area contributed by atoms with E-state index in [0.717, 1.165) is 12.1 Å². The maximum Gasteiger partial charge on any atom is 0.340 e. The number of nitrogens with one attached hydrogen (secondary N) is 2. The molecule has 1 aromatic heterocycles. The maximum atomic E-state index is 12.6. The standard InChI is InChI=1S/C17H18ClN5O12S/c18-13-5-14(20-6-10-2-1-3-32-10)12(4-15(13)36(19,30)31)17(25)33-9-16(24)21-7-11(35-23(28)29)8-34-22(26)27/h1-5,11,20H,6-9H2,(H,21,24)(H2,19,30,31)/t11-/m1/s1. The van der Waals surface area contributed by atoms with Gasteiger partial charge in [-0.1, -0.05) is 11.6 Å². The van der Waals surface area contributed by atoms with E-state index >= 15 is 0 Å². The van der Waals surface area contributed by atoms with Crippen molar-refractivity contribution >= 4 is 39.2 Å². The lowest BCUT2D eigenvalue weighted by atomic mass is 10.1. The van der Waals surface area contributed by atoms with Crippen LogP contribution in [0.2, 0.25) is 5.02 Å². The number of rotatable bonds is 14. The highest BCUT2D eigenvalue weighted by Gasteiger charge is 2.23. The second-order valence-electron chi connectivity index (χ2n) is 6.66. The quantitative estimate of drug-likeness (QED) is 0.162. The van der Waals surface area contributed by atoms with E-state index in [4.69, 9.17) is 25.9 Å². The van der Waals surface area contributed by atoms with Crippen molar-refractivity contribution in [3.8, 4) is 0 Å². The molecule has 1 heterocycles. The number of carbonyl (C=O) groups is 2. The Morgan fingerprint density at radius 1 is 1.22 bits per heavy atom. The van der Waals surface area contributed by atoms with Crippen LogP contribution < -0.4 is 15.8 Å². The predicted octanol–water partition coefficient (Wildman–Crippen LogP) is 0.251. The Hall–Kier alpha value is -4.16. The summed E-state index contributed by atoms with van der Waals surface area (Å²) in [5.74, 6) is -1.65. The van der Waals surface area contributed by atoms with Crippen LogP contribution in [0.25, 0.3) is 0 Å². The predicted molar refractivity (Wildman–Crippen MR) is 117 cm³/mol. The number of ether oxygens (including phenoxy) is 1. The number of amides is 1. The lowest BCUT2D eigenvalue weighted by Gasteiger charge is -2.15. The highest BCUT2D eigenvalue weighted by atomic mass is 35.5. The summed E-state index contributed by atoms with van der Waals surface area (Å²) < 4.78 is 33.6. The monoisotopic (exact) mass is 551 g/mol. The summed E-state index contributed by atoms with van der Waals surface area (Å²) in [6.07, 6.45) is -0.122. The third-order valence-electron chi connectivity index (χ3n) is 4.09. The largest absolute Gasteiger partial charge is 0.467 e. The Morgan fingerprint density at radius 2 is 1.94 bits per heavy atom. The average molecular weight is 552 g/mol. The molecule has 1 atom stereocenters. The second-order valence-corrected chi connectivity index (χ2v) is 8.59. The van der Waals surface area contributed by atoms with Gasteiger partial charge in [0.05, 0.1) is 29.1 Å². The fraction of sp³-hybridized carbons (Fsp3) is 0.294. The number of sulfonamides is 1. The van der Waals surface area contributed by atoms with Gasteiger partial charge < -0.3 is 29.5 Å². The van der Waals surface area contributed by atoms with Crippen LogP contribution in [0.5, 0.6) is 0 Å². The molecule has 17 nitrogen and oxygen atoms in total. The number of nitrogens with zero attached hydrogens (tertiary/aromatic N) is 2. The molecule has 1 aromatic carbocycles. The van der Waals surface area contributed by atoms with Crippen molar-refractivity contribution in [3.05, 3.63) is 67.1 Å². The first-order valence-electron chi connectivity index (χ1n) is 9.51. The summed E-state index contributed by atoms with van der Waals surface area (Å²) >= 11 is 5.98. The molecule has 2 rings (SSSR count). The molecule has 0 spiro atoms. The van der Waals surface area contributed by atoms with Gasteiger partial charge in [-0.2, -0.15) is 0 Å². The number of nitrogens with two attached hydrogens (primary N) is 1. The van der Waals surface area contributed by atoms with Crippen LogP contribution in [0.3, 0.4) is 0 Å². The Morgan fingerprint density at radius 3 is 2.53 bits per heavy atom. The van der Waals surface area contributed by atoms with Crippen molar-refractivity contribution in [3.63, 3.8) is 0 Å². The molecule has 0 aliphatic carbocycles. The van der Waals surface area contributed by atoms with Gasteiger partial charge in [-0.05, 0) is 24.3 Å². The number of hydrogen-bond donors (Lipinski definition) is 3. The molecule has 0 radical (unpaired) electrons. The van der Waals surface area contributed by atoms with Crippen LogP contribution in [0.4, 0.5) is 5.69 Å². The lowest BCUT2D eigenvalue weighted by molar-refractivity contribution is -0.789. The highest BCUT2D eigenvalue weighted by Crippen LogP contribution is 2.29. The zero-order chi connectivity index (χ0) is 26.9. The molecule has 0 aliphatic rings. The number of halogens is 1. The minimum Gasteiger partial charge on any atom is -0.467 e. The zero-order valence-corrected chi connectivity index (χ0v) is 19.5. The Balaban J connectivity index is 2.09. The molecule has 0 saturated carbocycles. The normalized spacial score (nSPS) is 11.7. The molecule has 0 fully saturated rings. The fourth-order valence-corrected chi connectivity index (χ4v) is 3.66. The molecular weight excluding hydrogens is 534 g/mol. The van der Waals surface area contributed by atoms with Crippen molar-refractivity contribution < 1.29 is 47.0 Å². The van der Waals surface area contributed by atoms with E-state index in [0.29, 0.717) is 5.76 Å². The van der Waals surface area contributed by atoms with Crippen molar-refractivity contribution in [1.82, 2.24) is 5.32 Å². The summed E-state index contributed by atoms with van der Waals surface area (Å²) in [5.41, 5.74) is -0.303. The van der Waals surface area contributed by atoms with Crippen LogP contribution in [-0.2, 0) is 35.8 Å². The first-order chi connectivity index (χ1) is 16.9. The zero-order valence-electron chi connectivity index (χ0n) is 17.9. The summed E-state index contributed by atoms with van der Waals surface area (Å²) in [4.78, 5) is 52.9. The first kappa shape index (κ1) is 28.1. The Kier molecular flexibility index (Phi) is 9.76. The number of esters is 1. The SMILES string of the molecule is NS(=O)(=O)c1cc(C(=O)OCC(=O)NC[C@H](CO[N+](=O)[O-])O[N+](=O)[O-])c(NCc2ccco2)cc1Cl. The van der Waals surface area contributed by atoms with E-state index in [9.17, 15) is 38.2 Å². The van der Waals surface area contributed by atoms with E-state index in [1.807, 2.05) is 0 Å². The van der Waals surface area contributed by atoms with Crippen LogP contribution >= 0.6 is 11.6 Å². The van der Waals surface area contributed by atoms with Crippen molar-refractivity contribution in [1.29, 1.82) is 0 Å². The minimum absolute atomic E-state index is 0.0329. The molecular formula is C17H18ClN5O12S. The van der Waals surface area contributed by atoms with Gasteiger partial charge in [0.15, 0.2) is 6.61 Å². The molecule has 19 heteroatoms. The fourth-order valence-electron chi connectivity index (χ4n) is 2.56. The first-order valence-corrected chi connectivity index (χ1v) is 11.4. The van der Waals surface area contributed by atoms with Gasteiger partial charge in [0.1, 0.15) is 23.4 Å². The van der Waals surface area contributed by atoms with E-state index in [1.54, 1.807) is 12.1 Å². The van der Waals surface area contributed by atoms with E-state index < -0.39 is 62.8 Å². The Bertz CT molecular complexity index is 1220. The lowest BCUT2D eigenvalue weighted by Crippen LogP contribution is -2.39. The third kappa shape index (κ3) is 8.89. The van der Waals surface area contributed by atoms with Crippen LogP contribution in [0, 0.1) is 20.2 Å². The van der Waals surface area contributed by atoms with Gasteiger partial charge >= 0.3 is 5.97 Å². The van der Waals surface area contributed by atoms with Crippen LogP contribution in [0.15, 0.2) is 39.8 Å². The molecule has 4 N–H and O–H groups in total. The van der Waals surface area contributed by atoms with Gasteiger partial charge in [0.2, 0.25) is 10.0 Å². The van der Waals surface area contributed by atoms with Gasteiger partial charge in [-0.3, -0.25) is 4.79 Å². The number of carbonyl (C=O) groups excluding carboxylic acids is 2. The molecule has 0 bridgehead atoms. The number of benzene rings is 1. The van der Waals surface area contributed by atoms with Gasteiger partial charge in [0.25, 0.3) is 16.1 Å². The number of furan rings is 1. The molecule has 36 heavy (non-hydrogen) atoms. The summed E-state index contributed by atoms with van der Waals surface area (Å²) in [6.45, 7) is -2.30. The highest BCUT2D eigenvalue weighted by molar-refractivity contribution is 7.89. The summed E-state index contributed by atoms with van der Waals surface area (Å²) in [6, 6.07) is 5.23. The summed E-state index contributed by atoms with van der Waals surface area (Å²) in [5, 5.41) is 28.0. The number of anilines is 1. The maximum absolute atomic E-state index is 12.6. The topological polar surface area (TPSA) is 245 Å². The molecule has 0 saturated heterocycles. The molecule has 2 aromatic rings. The van der Waals surface area contributed by atoms with Gasteiger partial charge in [-0.25, -0.2) is 18.4 Å². The smallest absolute Gasteiger partial charge is 0.340 e. The van der Waals surface area contributed by atoms with E-state index in [1.165, 1.54) is 6.26 Å². The second kappa shape index (κ2) is 12.5. The number of primary sulfonamides is 1. The minimum atomic E-state index is -4.33. The van der Waals surface area contributed by atoms with Gasteiger partial charge in [-0.15, -0.1) is 20.2 Å².